The summed E-state index contributed by atoms with van der Waals surface area (Å²) < 4.78 is 28.1. The Labute approximate surface area is 154 Å². The number of rotatable bonds is 8. The highest BCUT2D eigenvalue weighted by atomic mass is 32.2. The molecule has 0 aliphatic carbocycles. The predicted molar refractivity (Wildman–Crippen MR) is 100 cm³/mol. The van der Waals surface area contributed by atoms with Gasteiger partial charge in [0.2, 0.25) is 15.9 Å². The maximum atomic E-state index is 12.2. The second-order valence-electron chi connectivity index (χ2n) is 6.17. The van der Waals surface area contributed by atoms with Crippen LogP contribution in [0.4, 0.5) is 0 Å². The van der Waals surface area contributed by atoms with Crippen LogP contribution in [0.5, 0.6) is 5.75 Å². The van der Waals surface area contributed by atoms with E-state index in [0.29, 0.717) is 26.0 Å². The molecule has 2 aromatic carbocycles. The summed E-state index contributed by atoms with van der Waals surface area (Å²) in [4.78, 5) is 13.9. The third-order valence-electron chi connectivity index (χ3n) is 3.99. The lowest BCUT2D eigenvalue weighted by atomic mass is 10.1. The van der Waals surface area contributed by atoms with E-state index in [1.807, 2.05) is 31.2 Å². The van der Waals surface area contributed by atoms with Crippen LogP contribution >= 0.6 is 0 Å². The van der Waals surface area contributed by atoms with Crippen molar-refractivity contribution < 1.29 is 17.9 Å². The van der Waals surface area contributed by atoms with E-state index in [-0.39, 0.29) is 10.8 Å². The van der Waals surface area contributed by atoms with Crippen molar-refractivity contribution in [2.45, 2.75) is 24.7 Å². The van der Waals surface area contributed by atoms with Crippen LogP contribution in [-0.2, 0) is 21.2 Å². The molecule has 0 aliphatic heterocycles. The van der Waals surface area contributed by atoms with E-state index >= 15 is 0 Å². The number of ether oxygens (including phenoxy) is 1. The normalized spacial score (nSPS) is 11.2. The van der Waals surface area contributed by atoms with E-state index in [9.17, 15) is 13.2 Å². The lowest BCUT2D eigenvalue weighted by molar-refractivity contribution is -0.130. The zero-order chi connectivity index (χ0) is 19.2. The van der Waals surface area contributed by atoms with E-state index in [2.05, 4.69) is 0 Å². The van der Waals surface area contributed by atoms with Crippen molar-refractivity contribution in [2.75, 3.05) is 20.2 Å². The maximum Gasteiger partial charge on any atom is 0.238 e. The molecule has 0 saturated carbocycles. The first-order chi connectivity index (χ1) is 12.3. The molecule has 2 N–H and O–H groups in total. The van der Waals surface area contributed by atoms with Gasteiger partial charge in [-0.05, 0) is 48.7 Å². The van der Waals surface area contributed by atoms with Gasteiger partial charge < -0.3 is 9.64 Å². The smallest absolute Gasteiger partial charge is 0.238 e. The van der Waals surface area contributed by atoms with Crippen LogP contribution in [0.1, 0.15) is 17.5 Å². The van der Waals surface area contributed by atoms with Crippen molar-refractivity contribution in [1.29, 1.82) is 0 Å². The molecule has 0 bridgehead atoms. The SMILES string of the molecule is Cc1cccc(OCCN(C)C(=O)CCc2ccc(S(N)(=O)=O)cc2)c1. The van der Waals surface area contributed by atoms with E-state index in [1.54, 1.807) is 24.1 Å². The van der Waals surface area contributed by atoms with Crippen LogP contribution < -0.4 is 9.88 Å². The van der Waals surface area contributed by atoms with E-state index in [1.165, 1.54) is 12.1 Å². The number of carbonyl (C=O) groups is 1. The van der Waals surface area contributed by atoms with Crippen LogP contribution in [-0.4, -0.2) is 39.4 Å². The van der Waals surface area contributed by atoms with Gasteiger partial charge in [0.05, 0.1) is 11.4 Å². The summed E-state index contributed by atoms with van der Waals surface area (Å²) in [6.45, 7) is 2.92. The van der Waals surface area contributed by atoms with E-state index in [4.69, 9.17) is 9.88 Å². The molecule has 0 aromatic heterocycles. The number of hydrogen-bond acceptors (Lipinski definition) is 4. The Hall–Kier alpha value is -2.38. The standard InChI is InChI=1S/C19H24N2O4S/c1-15-4-3-5-17(14-15)25-13-12-21(2)19(22)11-8-16-6-9-18(10-7-16)26(20,23)24/h3-7,9-10,14H,8,11-13H2,1-2H3,(H2,20,23,24). The molecular weight excluding hydrogens is 352 g/mol. The first-order valence-corrected chi connectivity index (χ1v) is 9.85. The summed E-state index contributed by atoms with van der Waals surface area (Å²) in [7, 11) is -1.95. The predicted octanol–water partition coefficient (Wildman–Crippen LogP) is 2.11. The van der Waals surface area contributed by atoms with Crippen molar-refractivity contribution in [2.24, 2.45) is 5.14 Å². The summed E-state index contributed by atoms with van der Waals surface area (Å²) in [5, 5.41) is 5.07. The molecule has 6 nitrogen and oxygen atoms in total. The molecule has 0 heterocycles. The largest absolute Gasteiger partial charge is 0.492 e. The highest BCUT2D eigenvalue weighted by Crippen LogP contribution is 2.13. The van der Waals surface area contributed by atoms with Gasteiger partial charge in [0, 0.05) is 13.5 Å². The fraction of sp³-hybridized carbons (Fsp3) is 0.316. The number of nitrogens with two attached hydrogens (primary N) is 1. The molecule has 0 unspecified atom stereocenters. The van der Waals surface area contributed by atoms with Gasteiger partial charge in [-0.25, -0.2) is 13.6 Å². The quantitative estimate of drug-likeness (QED) is 0.764. The molecule has 0 fully saturated rings. The molecule has 0 saturated heterocycles. The Balaban J connectivity index is 1.76. The molecule has 2 aromatic rings. The molecule has 7 heteroatoms. The summed E-state index contributed by atoms with van der Waals surface area (Å²) in [5.74, 6) is 0.800. The Kier molecular flexibility index (Phi) is 6.76. The molecule has 0 aliphatic rings. The van der Waals surface area contributed by atoms with Crippen molar-refractivity contribution in [3.8, 4) is 5.75 Å². The van der Waals surface area contributed by atoms with Crippen molar-refractivity contribution in [3.05, 3.63) is 59.7 Å². The summed E-state index contributed by atoms with van der Waals surface area (Å²) in [5.41, 5.74) is 2.01. The number of carbonyl (C=O) groups excluding carboxylic acids is 1. The van der Waals surface area contributed by atoms with Gasteiger partial charge in [0.15, 0.2) is 0 Å². The highest BCUT2D eigenvalue weighted by Gasteiger charge is 2.10. The van der Waals surface area contributed by atoms with Crippen molar-refractivity contribution in [3.63, 3.8) is 0 Å². The average molecular weight is 376 g/mol. The monoisotopic (exact) mass is 376 g/mol. The first-order valence-electron chi connectivity index (χ1n) is 8.31. The number of hydrogen-bond donors (Lipinski definition) is 1. The lowest BCUT2D eigenvalue weighted by Crippen LogP contribution is -2.31. The molecular formula is C19H24N2O4S. The van der Waals surface area contributed by atoms with Crippen LogP contribution in [0.3, 0.4) is 0 Å². The van der Waals surface area contributed by atoms with E-state index in [0.717, 1.165) is 16.9 Å². The Bertz CT molecular complexity index is 848. The zero-order valence-corrected chi connectivity index (χ0v) is 15.8. The molecule has 1 amide bonds. The summed E-state index contributed by atoms with van der Waals surface area (Å²) in [6, 6.07) is 14.0. The minimum atomic E-state index is -3.69. The van der Waals surface area contributed by atoms with Gasteiger partial charge in [-0.1, -0.05) is 24.3 Å². The summed E-state index contributed by atoms with van der Waals surface area (Å²) in [6.07, 6.45) is 0.877. The highest BCUT2D eigenvalue weighted by molar-refractivity contribution is 7.89. The molecule has 2 rings (SSSR count). The Morgan fingerprint density at radius 2 is 1.85 bits per heavy atom. The Morgan fingerprint density at radius 3 is 2.46 bits per heavy atom. The minimum Gasteiger partial charge on any atom is -0.492 e. The fourth-order valence-corrected chi connectivity index (χ4v) is 2.93. The third-order valence-corrected chi connectivity index (χ3v) is 4.92. The molecule has 140 valence electrons. The number of primary sulfonamides is 1. The van der Waals surface area contributed by atoms with Crippen LogP contribution in [0.15, 0.2) is 53.4 Å². The Morgan fingerprint density at radius 1 is 1.15 bits per heavy atom. The molecule has 0 radical (unpaired) electrons. The number of nitrogens with zero attached hydrogens (tertiary/aromatic N) is 1. The number of sulfonamides is 1. The maximum absolute atomic E-state index is 12.2. The first kappa shape index (κ1) is 19.9. The average Bonchev–Trinajstić information content (AvgIpc) is 2.59. The number of likely N-dealkylation sites (N-methyl/N-ethyl adjacent to an activating group) is 1. The second-order valence-corrected chi connectivity index (χ2v) is 7.73. The van der Waals surface area contributed by atoms with E-state index < -0.39 is 10.0 Å². The fourth-order valence-electron chi connectivity index (χ4n) is 2.42. The van der Waals surface area contributed by atoms with Crippen molar-refractivity contribution >= 4 is 15.9 Å². The van der Waals surface area contributed by atoms with Gasteiger partial charge in [-0.15, -0.1) is 0 Å². The van der Waals surface area contributed by atoms with Crippen molar-refractivity contribution in [1.82, 2.24) is 4.90 Å². The van der Waals surface area contributed by atoms with Crippen LogP contribution in [0, 0.1) is 6.92 Å². The number of aryl methyl sites for hydroxylation is 2. The molecule has 26 heavy (non-hydrogen) atoms. The van der Waals surface area contributed by atoms with Gasteiger partial charge in [-0.3, -0.25) is 4.79 Å². The zero-order valence-electron chi connectivity index (χ0n) is 15.0. The van der Waals surface area contributed by atoms with Crippen LogP contribution in [0.25, 0.3) is 0 Å². The second kappa shape index (κ2) is 8.82. The summed E-state index contributed by atoms with van der Waals surface area (Å²) >= 11 is 0. The van der Waals surface area contributed by atoms with Crippen LogP contribution in [0.2, 0.25) is 0 Å². The number of amides is 1. The molecule has 0 spiro atoms. The topological polar surface area (TPSA) is 89.7 Å². The van der Waals surface area contributed by atoms with Gasteiger partial charge >= 0.3 is 0 Å². The van der Waals surface area contributed by atoms with Gasteiger partial charge in [0.1, 0.15) is 12.4 Å². The van der Waals surface area contributed by atoms with Gasteiger partial charge in [-0.2, -0.15) is 0 Å². The molecule has 0 atom stereocenters. The minimum absolute atomic E-state index is 0.00775. The third kappa shape index (κ3) is 6.16. The number of benzene rings is 2. The van der Waals surface area contributed by atoms with Gasteiger partial charge in [0.25, 0.3) is 0 Å². The lowest BCUT2D eigenvalue weighted by Gasteiger charge is -2.17.